The van der Waals surface area contributed by atoms with Crippen LogP contribution in [0.5, 0.6) is 0 Å². The molecule has 0 saturated carbocycles. The summed E-state index contributed by atoms with van der Waals surface area (Å²) in [5.74, 6) is 0.572. The predicted molar refractivity (Wildman–Crippen MR) is 79.1 cm³/mol. The smallest absolute Gasteiger partial charge is 0.123 e. The SMILES string of the molecule is CC1CNC(C2CNC(c3ccc(F)cc3)C(F)C2)NC1. The van der Waals surface area contributed by atoms with Crippen molar-refractivity contribution >= 4 is 0 Å². The van der Waals surface area contributed by atoms with E-state index in [1.807, 2.05) is 0 Å². The Hall–Kier alpha value is -1.04. The second kappa shape index (κ2) is 6.38. The number of alkyl halides is 1. The van der Waals surface area contributed by atoms with Crippen molar-refractivity contribution < 1.29 is 8.78 Å². The Bertz CT molecular complexity index is 457. The molecule has 5 heteroatoms. The monoisotopic (exact) mass is 295 g/mol. The van der Waals surface area contributed by atoms with E-state index in [1.54, 1.807) is 12.1 Å². The highest BCUT2D eigenvalue weighted by Gasteiger charge is 2.35. The Kier molecular flexibility index (Phi) is 4.52. The molecular weight excluding hydrogens is 272 g/mol. The van der Waals surface area contributed by atoms with Gasteiger partial charge in [0.25, 0.3) is 0 Å². The number of nitrogens with one attached hydrogen (secondary N) is 3. The van der Waals surface area contributed by atoms with Gasteiger partial charge in [0, 0.05) is 25.6 Å². The first-order chi connectivity index (χ1) is 10.1. The first kappa shape index (κ1) is 14.9. The van der Waals surface area contributed by atoms with E-state index in [0.717, 1.165) is 25.2 Å². The Labute approximate surface area is 124 Å². The third-order valence-electron chi connectivity index (χ3n) is 4.56. The summed E-state index contributed by atoms with van der Waals surface area (Å²) < 4.78 is 27.5. The molecule has 2 heterocycles. The lowest BCUT2D eigenvalue weighted by Crippen LogP contribution is -2.59. The lowest BCUT2D eigenvalue weighted by atomic mass is 9.86. The molecule has 2 aliphatic heterocycles. The van der Waals surface area contributed by atoms with Crippen LogP contribution in [0.2, 0.25) is 0 Å². The van der Waals surface area contributed by atoms with E-state index < -0.39 is 6.17 Å². The lowest BCUT2D eigenvalue weighted by molar-refractivity contribution is 0.114. The highest BCUT2D eigenvalue weighted by Crippen LogP contribution is 2.30. The van der Waals surface area contributed by atoms with Crippen molar-refractivity contribution in [3.05, 3.63) is 35.6 Å². The zero-order chi connectivity index (χ0) is 14.8. The molecule has 21 heavy (non-hydrogen) atoms. The van der Waals surface area contributed by atoms with E-state index in [9.17, 15) is 8.78 Å². The van der Waals surface area contributed by atoms with Gasteiger partial charge in [-0.1, -0.05) is 19.1 Å². The van der Waals surface area contributed by atoms with Crippen LogP contribution in [0.15, 0.2) is 24.3 Å². The van der Waals surface area contributed by atoms with Crippen LogP contribution >= 0.6 is 0 Å². The van der Waals surface area contributed by atoms with Gasteiger partial charge >= 0.3 is 0 Å². The molecule has 0 amide bonds. The predicted octanol–water partition coefficient (Wildman–Crippen LogP) is 1.97. The molecule has 3 atom stereocenters. The van der Waals surface area contributed by atoms with Crippen LogP contribution in [-0.4, -0.2) is 32.0 Å². The van der Waals surface area contributed by atoms with Crippen molar-refractivity contribution in [3.8, 4) is 0 Å². The van der Waals surface area contributed by atoms with Crippen LogP contribution in [0.1, 0.15) is 24.9 Å². The molecule has 3 unspecified atom stereocenters. The minimum Gasteiger partial charge on any atom is -0.307 e. The molecule has 0 aliphatic carbocycles. The highest BCUT2D eigenvalue weighted by molar-refractivity contribution is 5.22. The first-order valence-corrected chi connectivity index (χ1v) is 7.73. The topological polar surface area (TPSA) is 36.1 Å². The molecule has 1 aromatic rings. The normalized spacial score (nSPS) is 37.4. The molecule has 0 radical (unpaired) electrons. The third kappa shape index (κ3) is 3.42. The number of hydrogen-bond donors (Lipinski definition) is 3. The van der Waals surface area contributed by atoms with Gasteiger partial charge in [-0.15, -0.1) is 0 Å². The molecule has 116 valence electrons. The van der Waals surface area contributed by atoms with Crippen molar-refractivity contribution in [1.82, 2.24) is 16.0 Å². The Balaban J connectivity index is 1.60. The van der Waals surface area contributed by atoms with Gasteiger partial charge in [0.2, 0.25) is 0 Å². The Morgan fingerprint density at radius 2 is 1.67 bits per heavy atom. The largest absolute Gasteiger partial charge is 0.307 e. The molecule has 2 saturated heterocycles. The van der Waals surface area contributed by atoms with E-state index in [1.165, 1.54) is 12.1 Å². The summed E-state index contributed by atoms with van der Waals surface area (Å²) in [5, 5.41) is 10.2. The molecule has 0 bridgehead atoms. The van der Waals surface area contributed by atoms with Gasteiger partial charge in [-0.05, 0) is 30.0 Å². The molecule has 3 rings (SSSR count). The molecular formula is C16H23F2N3. The third-order valence-corrected chi connectivity index (χ3v) is 4.56. The van der Waals surface area contributed by atoms with Gasteiger partial charge in [-0.25, -0.2) is 8.78 Å². The summed E-state index contributed by atoms with van der Waals surface area (Å²) in [6.45, 7) is 4.92. The lowest BCUT2D eigenvalue weighted by Gasteiger charge is -2.40. The average molecular weight is 295 g/mol. The molecule has 0 aromatic heterocycles. The standard InChI is InChI=1S/C16H23F2N3/c1-10-7-20-16(21-8-10)12-6-14(18)15(19-9-12)11-2-4-13(17)5-3-11/h2-5,10,12,14-16,19-21H,6-9H2,1H3. The Morgan fingerprint density at radius 3 is 2.29 bits per heavy atom. The summed E-state index contributed by atoms with van der Waals surface area (Å²) in [5.41, 5.74) is 0.820. The minimum absolute atomic E-state index is 0.182. The summed E-state index contributed by atoms with van der Waals surface area (Å²) in [4.78, 5) is 0. The molecule has 3 N–H and O–H groups in total. The Morgan fingerprint density at radius 1 is 1.00 bits per heavy atom. The fraction of sp³-hybridized carbons (Fsp3) is 0.625. The fourth-order valence-electron chi connectivity index (χ4n) is 3.30. The van der Waals surface area contributed by atoms with Gasteiger partial charge < -0.3 is 16.0 Å². The van der Waals surface area contributed by atoms with E-state index >= 15 is 0 Å². The number of rotatable bonds is 2. The van der Waals surface area contributed by atoms with Gasteiger partial charge in [-0.3, -0.25) is 0 Å². The van der Waals surface area contributed by atoms with Gasteiger partial charge in [0.15, 0.2) is 0 Å². The minimum atomic E-state index is -0.947. The maximum absolute atomic E-state index is 14.5. The summed E-state index contributed by atoms with van der Waals surface area (Å²) >= 11 is 0. The quantitative estimate of drug-likeness (QED) is 0.781. The van der Waals surface area contributed by atoms with Gasteiger partial charge in [0.05, 0.1) is 12.2 Å². The zero-order valence-corrected chi connectivity index (χ0v) is 12.3. The maximum atomic E-state index is 14.5. The van der Waals surface area contributed by atoms with Crippen molar-refractivity contribution in [2.75, 3.05) is 19.6 Å². The van der Waals surface area contributed by atoms with Crippen molar-refractivity contribution in [2.24, 2.45) is 11.8 Å². The summed E-state index contributed by atoms with van der Waals surface area (Å²) in [6, 6.07) is 5.78. The van der Waals surface area contributed by atoms with Gasteiger partial charge in [0.1, 0.15) is 12.0 Å². The highest BCUT2D eigenvalue weighted by atomic mass is 19.1. The van der Waals surface area contributed by atoms with Crippen LogP contribution in [0, 0.1) is 17.7 Å². The average Bonchev–Trinajstić information content (AvgIpc) is 2.49. The van der Waals surface area contributed by atoms with E-state index in [-0.39, 0.29) is 23.9 Å². The summed E-state index contributed by atoms with van der Waals surface area (Å²) in [7, 11) is 0. The van der Waals surface area contributed by atoms with Crippen LogP contribution in [0.25, 0.3) is 0 Å². The molecule has 2 fully saturated rings. The fourth-order valence-corrected chi connectivity index (χ4v) is 3.30. The number of hydrogen-bond acceptors (Lipinski definition) is 3. The number of piperidine rings is 1. The summed E-state index contributed by atoms with van der Waals surface area (Å²) in [6.07, 6.45) is -0.244. The molecule has 3 nitrogen and oxygen atoms in total. The van der Waals surface area contributed by atoms with Crippen LogP contribution in [0.3, 0.4) is 0 Å². The second-order valence-corrected chi connectivity index (χ2v) is 6.35. The number of halogens is 2. The van der Waals surface area contributed by atoms with Crippen LogP contribution in [0.4, 0.5) is 8.78 Å². The molecule has 1 aromatic carbocycles. The second-order valence-electron chi connectivity index (χ2n) is 6.35. The van der Waals surface area contributed by atoms with E-state index in [0.29, 0.717) is 12.3 Å². The first-order valence-electron chi connectivity index (χ1n) is 7.73. The zero-order valence-electron chi connectivity index (χ0n) is 12.3. The van der Waals surface area contributed by atoms with E-state index in [2.05, 4.69) is 22.9 Å². The molecule has 0 spiro atoms. The van der Waals surface area contributed by atoms with Crippen molar-refractivity contribution in [3.63, 3.8) is 0 Å². The van der Waals surface area contributed by atoms with Gasteiger partial charge in [-0.2, -0.15) is 0 Å². The molecule has 2 aliphatic rings. The van der Waals surface area contributed by atoms with Crippen LogP contribution in [-0.2, 0) is 0 Å². The van der Waals surface area contributed by atoms with Crippen molar-refractivity contribution in [2.45, 2.75) is 31.7 Å². The van der Waals surface area contributed by atoms with Crippen molar-refractivity contribution in [1.29, 1.82) is 0 Å². The number of benzene rings is 1. The van der Waals surface area contributed by atoms with Crippen LogP contribution < -0.4 is 16.0 Å². The van der Waals surface area contributed by atoms with E-state index in [4.69, 9.17) is 0 Å². The maximum Gasteiger partial charge on any atom is 0.123 e.